The normalized spacial score (nSPS) is 11.2. The van der Waals surface area contributed by atoms with Crippen molar-refractivity contribution in [1.29, 1.82) is 0 Å². The van der Waals surface area contributed by atoms with E-state index in [1.54, 1.807) is 18.2 Å². The van der Waals surface area contributed by atoms with E-state index in [9.17, 15) is 9.59 Å². The molecule has 0 radical (unpaired) electrons. The van der Waals surface area contributed by atoms with E-state index in [2.05, 4.69) is 10.6 Å². The van der Waals surface area contributed by atoms with Gasteiger partial charge in [-0.3, -0.25) is 4.79 Å². The standard InChI is InChI=1S/C15H22N2O3/c1-15(2,3)17-10-13(18)16-8-7-11-5-4-6-12(9-11)14(19)20/h4-6,9,17H,7-8,10H2,1-3H3,(H,16,18)(H,19,20). The Morgan fingerprint density at radius 3 is 2.55 bits per heavy atom. The topological polar surface area (TPSA) is 78.4 Å². The molecule has 1 rings (SSSR count). The van der Waals surface area contributed by atoms with E-state index in [0.29, 0.717) is 13.0 Å². The molecule has 0 spiro atoms. The number of carboxylic acids is 1. The summed E-state index contributed by atoms with van der Waals surface area (Å²) < 4.78 is 0. The van der Waals surface area contributed by atoms with E-state index in [-0.39, 0.29) is 23.6 Å². The summed E-state index contributed by atoms with van der Waals surface area (Å²) in [5.74, 6) is -1.00. The molecule has 0 fully saturated rings. The number of aromatic carboxylic acids is 1. The average Bonchev–Trinajstić information content (AvgIpc) is 2.36. The second kappa shape index (κ2) is 7.05. The SMILES string of the molecule is CC(C)(C)NCC(=O)NCCc1cccc(C(=O)O)c1. The van der Waals surface area contributed by atoms with Gasteiger partial charge >= 0.3 is 5.97 Å². The maximum atomic E-state index is 11.6. The summed E-state index contributed by atoms with van der Waals surface area (Å²) in [6, 6.07) is 6.74. The summed E-state index contributed by atoms with van der Waals surface area (Å²) in [6.45, 7) is 6.76. The predicted molar refractivity (Wildman–Crippen MR) is 77.9 cm³/mol. The van der Waals surface area contributed by atoms with Crippen molar-refractivity contribution in [2.45, 2.75) is 32.7 Å². The molecule has 1 amide bonds. The molecule has 5 nitrogen and oxygen atoms in total. The lowest BCUT2D eigenvalue weighted by Gasteiger charge is -2.20. The Labute approximate surface area is 119 Å². The van der Waals surface area contributed by atoms with Crippen molar-refractivity contribution < 1.29 is 14.7 Å². The molecule has 0 atom stereocenters. The second-order valence-electron chi connectivity index (χ2n) is 5.71. The highest BCUT2D eigenvalue weighted by Gasteiger charge is 2.10. The number of carbonyl (C=O) groups is 2. The van der Waals surface area contributed by atoms with Gasteiger partial charge in [0, 0.05) is 12.1 Å². The Balaban J connectivity index is 2.35. The number of rotatable bonds is 6. The Morgan fingerprint density at radius 2 is 1.95 bits per heavy atom. The first-order valence-electron chi connectivity index (χ1n) is 6.62. The molecule has 5 heteroatoms. The minimum absolute atomic E-state index is 0.0608. The Hall–Kier alpha value is -1.88. The fourth-order valence-electron chi connectivity index (χ4n) is 1.61. The summed E-state index contributed by atoms with van der Waals surface area (Å²) in [7, 11) is 0. The van der Waals surface area contributed by atoms with Crippen LogP contribution < -0.4 is 10.6 Å². The number of hydrogen-bond acceptors (Lipinski definition) is 3. The van der Waals surface area contributed by atoms with Gasteiger partial charge in [-0.25, -0.2) is 4.79 Å². The summed E-state index contributed by atoms with van der Waals surface area (Å²) in [5.41, 5.74) is 1.07. The van der Waals surface area contributed by atoms with Crippen LogP contribution >= 0.6 is 0 Å². The summed E-state index contributed by atoms with van der Waals surface area (Å²) in [5, 5.41) is 14.8. The zero-order valence-electron chi connectivity index (χ0n) is 12.2. The van der Waals surface area contributed by atoms with Crippen LogP contribution in [0.1, 0.15) is 36.7 Å². The first-order valence-corrected chi connectivity index (χ1v) is 6.62. The van der Waals surface area contributed by atoms with Crippen LogP contribution in [0.25, 0.3) is 0 Å². The van der Waals surface area contributed by atoms with Crippen molar-refractivity contribution in [3.05, 3.63) is 35.4 Å². The molecule has 20 heavy (non-hydrogen) atoms. The molecule has 0 bridgehead atoms. The monoisotopic (exact) mass is 278 g/mol. The lowest BCUT2D eigenvalue weighted by atomic mass is 10.1. The molecule has 0 aliphatic carbocycles. The van der Waals surface area contributed by atoms with E-state index >= 15 is 0 Å². The quantitative estimate of drug-likeness (QED) is 0.735. The number of benzene rings is 1. The molecule has 110 valence electrons. The van der Waals surface area contributed by atoms with E-state index in [1.165, 1.54) is 0 Å². The van der Waals surface area contributed by atoms with E-state index in [4.69, 9.17) is 5.11 Å². The third-order valence-corrected chi connectivity index (χ3v) is 2.69. The maximum absolute atomic E-state index is 11.6. The minimum Gasteiger partial charge on any atom is -0.478 e. The molecule has 0 saturated heterocycles. The molecule has 0 heterocycles. The van der Waals surface area contributed by atoms with Crippen LogP contribution in [-0.4, -0.2) is 35.6 Å². The lowest BCUT2D eigenvalue weighted by molar-refractivity contribution is -0.120. The third kappa shape index (κ3) is 6.33. The van der Waals surface area contributed by atoms with Crippen molar-refractivity contribution in [2.75, 3.05) is 13.1 Å². The van der Waals surface area contributed by atoms with Crippen LogP contribution in [0.4, 0.5) is 0 Å². The zero-order valence-corrected chi connectivity index (χ0v) is 12.2. The highest BCUT2D eigenvalue weighted by Crippen LogP contribution is 2.05. The molecular weight excluding hydrogens is 256 g/mol. The van der Waals surface area contributed by atoms with Crippen molar-refractivity contribution in [3.8, 4) is 0 Å². The summed E-state index contributed by atoms with van der Waals surface area (Å²) >= 11 is 0. The van der Waals surface area contributed by atoms with Gasteiger partial charge in [-0.15, -0.1) is 0 Å². The Morgan fingerprint density at radius 1 is 1.25 bits per heavy atom. The number of nitrogens with one attached hydrogen (secondary N) is 2. The van der Waals surface area contributed by atoms with Gasteiger partial charge in [0.15, 0.2) is 0 Å². The smallest absolute Gasteiger partial charge is 0.335 e. The first-order chi connectivity index (χ1) is 9.28. The van der Waals surface area contributed by atoms with Gasteiger partial charge in [0.25, 0.3) is 0 Å². The number of amides is 1. The van der Waals surface area contributed by atoms with Crippen molar-refractivity contribution in [1.82, 2.24) is 10.6 Å². The molecule has 0 unspecified atom stereocenters. The van der Waals surface area contributed by atoms with Gasteiger partial charge in [0.2, 0.25) is 5.91 Å². The molecule has 1 aromatic rings. The summed E-state index contributed by atoms with van der Waals surface area (Å²) in [4.78, 5) is 22.4. The number of hydrogen-bond donors (Lipinski definition) is 3. The zero-order chi connectivity index (χ0) is 15.2. The fraction of sp³-hybridized carbons (Fsp3) is 0.467. The molecule has 0 aliphatic heterocycles. The van der Waals surface area contributed by atoms with Gasteiger partial charge in [-0.2, -0.15) is 0 Å². The van der Waals surface area contributed by atoms with Gasteiger partial charge in [0.05, 0.1) is 12.1 Å². The van der Waals surface area contributed by atoms with E-state index in [1.807, 2.05) is 26.8 Å². The molecule has 1 aromatic carbocycles. The molecular formula is C15H22N2O3. The molecule has 0 aliphatic rings. The predicted octanol–water partition coefficient (Wildman–Crippen LogP) is 1.43. The van der Waals surface area contributed by atoms with Crippen LogP contribution in [0.3, 0.4) is 0 Å². The molecule has 3 N–H and O–H groups in total. The van der Waals surface area contributed by atoms with Crippen molar-refractivity contribution >= 4 is 11.9 Å². The Bertz CT molecular complexity index is 478. The van der Waals surface area contributed by atoms with E-state index < -0.39 is 5.97 Å². The van der Waals surface area contributed by atoms with Crippen LogP contribution in [0.15, 0.2) is 24.3 Å². The Kier molecular flexibility index (Phi) is 5.70. The number of carboxylic acid groups (broad SMARTS) is 1. The van der Waals surface area contributed by atoms with Crippen LogP contribution in [0, 0.1) is 0 Å². The minimum atomic E-state index is -0.940. The van der Waals surface area contributed by atoms with Crippen molar-refractivity contribution in [3.63, 3.8) is 0 Å². The highest BCUT2D eigenvalue weighted by molar-refractivity contribution is 5.87. The van der Waals surface area contributed by atoms with Crippen LogP contribution in [-0.2, 0) is 11.2 Å². The average molecular weight is 278 g/mol. The van der Waals surface area contributed by atoms with Crippen LogP contribution in [0.2, 0.25) is 0 Å². The number of carbonyl (C=O) groups excluding carboxylic acids is 1. The second-order valence-corrected chi connectivity index (χ2v) is 5.71. The lowest BCUT2D eigenvalue weighted by Crippen LogP contribution is -2.43. The third-order valence-electron chi connectivity index (χ3n) is 2.69. The first kappa shape index (κ1) is 16.2. The van der Waals surface area contributed by atoms with Crippen LogP contribution in [0.5, 0.6) is 0 Å². The van der Waals surface area contributed by atoms with Gasteiger partial charge < -0.3 is 15.7 Å². The van der Waals surface area contributed by atoms with Gasteiger partial charge in [-0.05, 0) is 44.9 Å². The molecule has 0 aromatic heterocycles. The largest absolute Gasteiger partial charge is 0.478 e. The van der Waals surface area contributed by atoms with E-state index in [0.717, 1.165) is 5.56 Å². The maximum Gasteiger partial charge on any atom is 0.335 e. The highest BCUT2D eigenvalue weighted by atomic mass is 16.4. The summed E-state index contributed by atoms with van der Waals surface area (Å²) in [6.07, 6.45) is 0.613. The fourth-order valence-corrected chi connectivity index (χ4v) is 1.61. The van der Waals surface area contributed by atoms with Gasteiger partial charge in [-0.1, -0.05) is 12.1 Å². The van der Waals surface area contributed by atoms with Crippen molar-refractivity contribution in [2.24, 2.45) is 0 Å². The molecule has 0 saturated carbocycles. The van der Waals surface area contributed by atoms with Gasteiger partial charge in [0.1, 0.15) is 0 Å².